The summed E-state index contributed by atoms with van der Waals surface area (Å²) in [7, 11) is 0. The highest BCUT2D eigenvalue weighted by Crippen LogP contribution is 2.29. The highest BCUT2D eigenvalue weighted by molar-refractivity contribution is 5.92. The Morgan fingerprint density at radius 1 is 1.11 bits per heavy atom. The molecular formula is C19H16F3N3O2. The molecule has 2 aromatic carbocycles. The molecule has 0 aliphatic rings. The number of halogens is 3. The molecule has 0 unspecified atom stereocenters. The summed E-state index contributed by atoms with van der Waals surface area (Å²) >= 11 is 0. The number of hydrogen-bond acceptors (Lipinski definition) is 2. The standard InChI is InChI=1S/C19H16F3N3O2/c1-11-3-2-4-14-16(11)23-10-15(17(14)26)25-18(27)24-9-12-5-7-13(8-6-12)19(20,21)22/h2-8,10H,9H2,1H3,(H,23,26)(H2,24,25,27). The van der Waals surface area contributed by atoms with Crippen LogP contribution in [-0.4, -0.2) is 11.0 Å². The van der Waals surface area contributed by atoms with Crippen LogP contribution in [0.4, 0.5) is 23.7 Å². The molecule has 3 aromatic rings. The summed E-state index contributed by atoms with van der Waals surface area (Å²) in [5, 5.41) is 5.42. The van der Waals surface area contributed by atoms with Crippen LogP contribution in [0.3, 0.4) is 0 Å². The van der Waals surface area contributed by atoms with Crippen molar-refractivity contribution in [1.82, 2.24) is 10.3 Å². The lowest BCUT2D eigenvalue weighted by molar-refractivity contribution is -0.137. The zero-order valence-electron chi connectivity index (χ0n) is 14.3. The molecule has 1 heterocycles. The molecule has 0 radical (unpaired) electrons. The number of fused-ring (bicyclic) bond motifs is 1. The molecule has 0 aliphatic carbocycles. The molecule has 8 heteroatoms. The molecular weight excluding hydrogens is 359 g/mol. The number of aryl methyl sites for hydroxylation is 1. The monoisotopic (exact) mass is 375 g/mol. The number of pyridine rings is 1. The number of carbonyl (C=O) groups is 1. The SMILES string of the molecule is Cc1cccc2c(=O)c(NC(=O)NCc3ccc(C(F)(F)F)cc3)c[nH]c12. The Balaban J connectivity index is 1.67. The van der Waals surface area contributed by atoms with Crippen LogP contribution in [0.5, 0.6) is 0 Å². The van der Waals surface area contributed by atoms with E-state index in [0.29, 0.717) is 16.5 Å². The van der Waals surface area contributed by atoms with Crippen molar-refractivity contribution in [3.8, 4) is 0 Å². The van der Waals surface area contributed by atoms with E-state index in [0.717, 1.165) is 17.7 Å². The van der Waals surface area contributed by atoms with Gasteiger partial charge >= 0.3 is 12.2 Å². The van der Waals surface area contributed by atoms with E-state index in [1.165, 1.54) is 18.3 Å². The molecule has 0 saturated carbocycles. The fraction of sp³-hybridized carbons (Fsp3) is 0.158. The van der Waals surface area contributed by atoms with Gasteiger partial charge in [0.15, 0.2) is 0 Å². The van der Waals surface area contributed by atoms with Gasteiger partial charge in [0.1, 0.15) is 5.69 Å². The van der Waals surface area contributed by atoms with E-state index in [9.17, 15) is 22.8 Å². The van der Waals surface area contributed by atoms with Gasteiger partial charge in [-0.05, 0) is 36.2 Å². The molecule has 0 atom stereocenters. The van der Waals surface area contributed by atoms with E-state index in [4.69, 9.17) is 0 Å². The van der Waals surface area contributed by atoms with E-state index >= 15 is 0 Å². The highest BCUT2D eigenvalue weighted by atomic mass is 19.4. The Labute approximate surface area is 152 Å². The fourth-order valence-corrected chi connectivity index (χ4v) is 2.66. The molecule has 0 fully saturated rings. The van der Waals surface area contributed by atoms with E-state index in [2.05, 4.69) is 15.6 Å². The van der Waals surface area contributed by atoms with E-state index in [-0.39, 0.29) is 17.7 Å². The van der Waals surface area contributed by atoms with Crippen LogP contribution >= 0.6 is 0 Å². The van der Waals surface area contributed by atoms with Crippen molar-refractivity contribution in [2.75, 3.05) is 5.32 Å². The molecule has 0 aliphatic heterocycles. The second-order valence-electron chi connectivity index (χ2n) is 6.03. The lowest BCUT2D eigenvalue weighted by atomic mass is 10.1. The molecule has 5 nitrogen and oxygen atoms in total. The minimum absolute atomic E-state index is 0.0224. The number of H-pyrrole nitrogens is 1. The van der Waals surface area contributed by atoms with Crippen LogP contribution in [0.25, 0.3) is 10.9 Å². The van der Waals surface area contributed by atoms with E-state index in [1.807, 2.05) is 13.0 Å². The minimum atomic E-state index is -4.40. The van der Waals surface area contributed by atoms with Crippen molar-refractivity contribution in [2.24, 2.45) is 0 Å². The number of rotatable bonds is 3. The summed E-state index contributed by atoms with van der Waals surface area (Å²) in [4.78, 5) is 27.4. The highest BCUT2D eigenvalue weighted by Gasteiger charge is 2.29. The lowest BCUT2D eigenvalue weighted by Gasteiger charge is -2.10. The van der Waals surface area contributed by atoms with Gasteiger partial charge < -0.3 is 15.6 Å². The summed E-state index contributed by atoms with van der Waals surface area (Å²) in [5.41, 5.74) is 1.10. The maximum Gasteiger partial charge on any atom is 0.416 e. The zero-order valence-corrected chi connectivity index (χ0v) is 14.3. The number of aromatic amines is 1. The minimum Gasteiger partial charge on any atom is -0.359 e. The first-order valence-corrected chi connectivity index (χ1v) is 8.08. The first-order valence-electron chi connectivity index (χ1n) is 8.08. The van der Waals surface area contributed by atoms with Gasteiger partial charge in [-0.1, -0.05) is 24.3 Å². The van der Waals surface area contributed by atoms with E-state index < -0.39 is 17.8 Å². The molecule has 2 amide bonds. The van der Waals surface area contributed by atoms with Gasteiger partial charge in [0.25, 0.3) is 0 Å². The molecule has 140 valence electrons. The number of alkyl halides is 3. The topological polar surface area (TPSA) is 74.0 Å². The Morgan fingerprint density at radius 2 is 1.81 bits per heavy atom. The van der Waals surface area contributed by atoms with Crippen molar-refractivity contribution < 1.29 is 18.0 Å². The maximum atomic E-state index is 12.5. The van der Waals surface area contributed by atoms with Crippen LogP contribution < -0.4 is 16.1 Å². The Bertz CT molecular complexity index is 1040. The molecule has 0 bridgehead atoms. The second-order valence-corrected chi connectivity index (χ2v) is 6.03. The number of anilines is 1. The summed E-state index contributed by atoms with van der Waals surface area (Å²) in [6.45, 7) is 1.89. The first-order chi connectivity index (χ1) is 12.8. The molecule has 0 saturated heterocycles. The van der Waals surface area contributed by atoms with Gasteiger partial charge in [0.2, 0.25) is 5.43 Å². The molecule has 0 spiro atoms. The average molecular weight is 375 g/mol. The van der Waals surface area contributed by atoms with Crippen molar-refractivity contribution in [3.63, 3.8) is 0 Å². The molecule has 27 heavy (non-hydrogen) atoms. The van der Waals surface area contributed by atoms with Crippen LogP contribution in [0.1, 0.15) is 16.7 Å². The van der Waals surface area contributed by atoms with Crippen LogP contribution in [0, 0.1) is 6.92 Å². The predicted octanol–water partition coefficient (Wildman–Crippen LogP) is 4.18. The smallest absolute Gasteiger partial charge is 0.359 e. The van der Waals surface area contributed by atoms with Crippen molar-refractivity contribution >= 4 is 22.6 Å². The van der Waals surface area contributed by atoms with Crippen LogP contribution in [0.15, 0.2) is 53.5 Å². The van der Waals surface area contributed by atoms with Crippen LogP contribution in [-0.2, 0) is 12.7 Å². The normalized spacial score (nSPS) is 11.4. The number of nitrogens with one attached hydrogen (secondary N) is 3. The summed E-state index contributed by atoms with van der Waals surface area (Å²) in [6, 6.07) is 9.11. The Morgan fingerprint density at radius 3 is 2.48 bits per heavy atom. The molecule has 1 aromatic heterocycles. The third-order valence-electron chi connectivity index (χ3n) is 4.11. The second kappa shape index (κ2) is 7.14. The van der Waals surface area contributed by atoms with Crippen LogP contribution in [0.2, 0.25) is 0 Å². The quantitative estimate of drug-likeness (QED) is 0.643. The van der Waals surface area contributed by atoms with Gasteiger partial charge in [0.05, 0.1) is 11.1 Å². The average Bonchev–Trinajstić information content (AvgIpc) is 2.62. The Hall–Kier alpha value is -3.29. The number of para-hydroxylation sites is 1. The number of aromatic nitrogens is 1. The van der Waals surface area contributed by atoms with Gasteiger partial charge in [-0.25, -0.2) is 4.79 Å². The number of benzene rings is 2. The van der Waals surface area contributed by atoms with Crippen molar-refractivity contribution in [2.45, 2.75) is 19.6 Å². The van der Waals surface area contributed by atoms with Gasteiger partial charge in [0, 0.05) is 18.1 Å². The number of amides is 2. The first kappa shape index (κ1) is 18.5. The van der Waals surface area contributed by atoms with Crippen molar-refractivity contribution in [3.05, 3.63) is 75.6 Å². The molecule has 3 N–H and O–H groups in total. The maximum absolute atomic E-state index is 12.5. The fourth-order valence-electron chi connectivity index (χ4n) is 2.66. The predicted molar refractivity (Wildman–Crippen MR) is 96.6 cm³/mol. The number of carbonyl (C=O) groups excluding carboxylic acids is 1. The van der Waals surface area contributed by atoms with Gasteiger partial charge in [-0.2, -0.15) is 13.2 Å². The number of hydrogen-bond donors (Lipinski definition) is 3. The van der Waals surface area contributed by atoms with E-state index in [1.54, 1.807) is 12.1 Å². The number of urea groups is 1. The molecule has 3 rings (SSSR count). The zero-order chi connectivity index (χ0) is 19.6. The van der Waals surface area contributed by atoms with Gasteiger partial charge in [-0.3, -0.25) is 4.79 Å². The third-order valence-corrected chi connectivity index (χ3v) is 4.11. The summed E-state index contributed by atoms with van der Waals surface area (Å²) in [6.07, 6.45) is -2.99. The van der Waals surface area contributed by atoms with Crippen molar-refractivity contribution in [1.29, 1.82) is 0 Å². The van der Waals surface area contributed by atoms with Gasteiger partial charge in [-0.15, -0.1) is 0 Å². The summed E-state index contributed by atoms with van der Waals surface area (Å²) < 4.78 is 37.6. The third kappa shape index (κ3) is 4.11. The lowest BCUT2D eigenvalue weighted by Crippen LogP contribution is -2.30. The Kier molecular flexibility index (Phi) is 4.89. The summed E-state index contributed by atoms with van der Waals surface area (Å²) in [5.74, 6) is 0. The largest absolute Gasteiger partial charge is 0.416 e.